The molecule has 30 heavy (non-hydrogen) atoms. The van der Waals surface area contributed by atoms with Crippen molar-refractivity contribution in [3.05, 3.63) is 95.8 Å². The second-order valence-corrected chi connectivity index (χ2v) is 7.38. The number of hydrogen-bond donors (Lipinski definition) is 1. The zero-order valence-corrected chi connectivity index (χ0v) is 16.3. The van der Waals surface area contributed by atoms with Gasteiger partial charge in [-0.1, -0.05) is 72.8 Å². The first kappa shape index (κ1) is 19.8. The van der Waals surface area contributed by atoms with E-state index >= 15 is 0 Å². The molecule has 0 radical (unpaired) electrons. The molecule has 0 unspecified atom stereocenters. The van der Waals surface area contributed by atoms with Crippen molar-refractivity contribution in [3.63, 3.8) is 0 Å². The zero-order chi connectivity index (χ0) is 21.1. The molecule has 4 nitrogen and oxygen atoms in total. The Bertz CT molecular complexity index is 1090. The molecule has 5 heteroatoms. The summed E-state index contributed by atoms with van der Waals surface area (Å²) in [4.78, 5) is 14.4. The number of carbonyl (C=O) groups excluding carboxylic acids is 1. The van der Waals surface area contributed by atoms with Crippen LogP contribution in [0.5, 0.6) is 0 Å². The van der Waals surface area contributed by atoms with E-state index in [1.54, 1.807) is 18.2 Å². The van der Waals surface area contributed by atoms with E-state index in [1.165, 1.54) is 11.0 Å². The molecular formula is C25H21FN2O2. The molecule has 0 aliphatic carbocycles. The van der Waals surface area contributed by atoms with E-state index in [4.69, 9.17) is 0 Å². The van der Waals surface area contributed by atoms with Gasteiger partial charge in [-0.15, -0.1) is 0 Å². The van der Waals surface area contributed by atoms with Crippen molar-refractivity contribution in [1.82, 2.24) is 4.90 Å². The SMILES string of the molecule is N#C[C@@H]1[C@H](c2ccccc2-c2ccccc2F)[C@H](CO)N1C(=O)Cc1ccccc1. The molecule has 1 aliphatic rings. The lowest BCUT2D eigenvalue weighted by Gasteiger charge is -2.52. The maximum Gasteiger partial charge on any atom is 0.228 e. The Balaban J connectivity index is 1.67. The molecule has 3 aromatic carbocycles. The third-order valence-corrected chi connectivity index (χ3v) is 5.70. The minimum absolute atomic E-state index is 0.164. The summed E-state index contributed by atoms with van der Waals surface area (Å²) in [7, 11) is 0. The number of benzene rings is 3. The Hall–Kier alpha value is -3.49. The van der Waals surface area contributed by atoms with E-state index in [-0.39, 0.29) is 24.8 Å². The minimum atomic E-state index is -0.716. The summed E-state index contributed by atoms with van der Waals surface area (Å²) in [6.07, 6.45) is 0.164. The highest BCUT2D eigenvalue weighted by atomic mass is 19.1. The number of rotatable bonds is 5. The van der Waals surface area contributed by atoms with Crippen molar-refractivity contribution < 1.29 is 14.3 Å². The van der Waals surface area contributed by atoms with Crippen LogP contribution in [0.25, 0.3) is 11.1 Å². The highest BCUT2D eigenvalue weighted by Crippen LogP contribution is 2.44. The van der Waals surface area contributed by atoms with E-state index in [9.17, 15) is 19.6 Å². The van der Waals surface area contributed by atoms with Gasteiger partial charge in [-0.2, -0.15) is 5.26 Å². The Morgan fingerprint density at radius 2 is 1.60 bits per heavy atom. The highest BCUT2D eigenvalue weighted by molar-refractivity contribution is 5.82. The van der Waals surface area contributed by atoms with Gasteiger partial charge in [0, 0.05) is 11.5 Å². The number of amides is 1. The van der Waals surface area contributed by atoms with Crippen LogP contribution in [0, 0.1) is 17.1 Å². The van der Waals surface area contributed by atoms with Gasteiger partial charge in [-0.05, 0) is 22.8 Å². The molecule has 3 atom stereocenters. The van der Waals surface area contributed by atoms with E-state index < -0.39 is 18.0 Å². The van der Waals surface area contributed by atoms with Crippen LogP contribution >= 0.6 is 0 Å². The standard InChI is InChI=1S/C25H21FN2O2/c26-21-13-7-6-11-19(21)18-10-4-5-12-20(18)25-22(15-27)28(23(25)16-29)24(30)14-17-8-2-1-3-9-17/h1-13,22-23,25,29H,14,16H2/t22-,23+,25+/m1/s1. The van der Waals surface area contributed by atoms with E-state index in [1.807, 2.05) is 54.6 Å². The predicted octanol–water partition coefficient (Wildman–Crippen LogP) is 3.91. The van der Waals surface area contributed by atoms with Gasteiger partial charge >= 0.3 is 0 Å². The summed E-state index contributed by atoms with van der Waals surface area (Å²) in [5.74, 6) is -0.947. The first-order valence-corrected chi connectivity index (χ1v) is 9.85. The van der Waals surface area contributed by atoms with Crippen molar-refractivity contribution in [1.29, 1.82) is 5.26 Å². The van der Waals surface area contributed by atoms with Crippen molar-refractivity contribution in [3.8, 4) is 17.2 Å². The van der Waals surface area contributed by atoms with E-state index in [0.29, 0.717) is 11.1 Å². The van der Waals surface area contributed by atoms with Gasteiger partial charge in [0.05, 0.1) is 25.1 Å². The summed E-state index contributed by atoms with van der Waals surface area (Å²) in [5.41, 5.74) is 2.73. The summed E-state index contributed by atoms with van der Waals surface area (Å²) >= 11 is 0. The fourth-order valence-corrected chi connectivity index (χ4v) is 4.30. The van der Waals surface area contributed by atoms with Crippen molar-refractivity contribution in [2.75, 3.05) is 6.61 Å². The topological polar surface area (TPSA) is 64.3 Å². The first-order chi connectivity index (χ1) is 14.7. The van der Waals surface area contributed by atoms with Gasteiger partial charge in [-0.25, -0.2) is 4.39 Å². The van der Waals surface area contributed by atoms with Crippen LogP contribution in [-0.2, 0) is 11.2 Å². The first-order valence-electron chi connectivity index (χ1n) is 9.85. The van der Waals surface area contributed by atoms with Gasteiger partial charge in [0.2, 0.25) is 5.91 Å². The van der Waals surface area contributed by atoms with Gasteiger partial charge in [-0.3, -0.25) is 4.79 Å². The zero-order valence-electron chi connectivity index (χ0n) is 16.3. The summed E-state index contributed by atoms with van der Waals surface area (Å²) in [6, 6.07) is 24.1. The molecule has 3 aromatic rings. The van der Waals surface area contributed by atoms with Crippen molar-refractivity contribution in [2.24, 2.45) is 0 Å². The molecule has 1 fully saturated rings. The van der Waals surface area contributed by atoms with Gasteiger partial charge in [0.15, 0.2) is 0 Å². The molecule has 1 aliphatic heterocycles. The second-order valence-electron chi connectivity index (χ2n) is 7.38. The van der Waals surface area contributed by atoms with Crippen LogP contribution in [0.1, 0.15) is 17.0 Å². The third kappa shape index (κ3) is 3.47. The molecule has 0 saturated carbocycles. The normalized spacial score (nSPS) is 20.3. The summed E-state index contributed by atoms with van der Waals surface area (Å²) in [6.45, 7) is -0.269. The number of halogens is 1. The van der Waals surface area contributed by atoms with Gasteiger partial charge in [0.25, 0.3) is 0 Å². The molecule has 1 N–H and O–H groups in total. The Kier molecular flexibility index (Phi) is 5.60. The fourth-order valence-electron chi connectivity index (χ4n) is 4.30. The lowest BCUT2D eigenvalue weighted by atomic mass is 9.73. The third-order valence-electron chi connectivity index (χ3n) is 5.70. The lowest BCUT2D eigenvalue weighted by molar-refractivity contribution is -0.146. The largest absolute Gasteiger partial charge is 0.394 e. The highest BCUT2D eigenvalue weighted by Gasteiger charge is 2.52. The summed E-state index contributed by atoms with van der Waals surface area (Å²) in [5, 5.41) is 19.9. The number of aliphatic hydroxyl groups is 1. The van der Waals surface area contributed by atoms with Crippen LogP contribution in [-0.4, -0.2) is 34.6 Å². The number of aliphatic hydroxyl groups excluding tert-OH is 1. The van der Waals surface area contributed by atoms with E-state index in [0.717, 1.165) is 11.1 Å². The van der Waals surface area contributed by atoms with Crippen LogP contribution in [0.4, 0.5) is 4.39 Å². The quantitative estimate of drug-likeness (QED) is 0.706. The van der Waals surface area contributed by atoms with E-state index in [2.05, 4.69) is 6.07 Å². The Morgan fingerprint density at radius 3 is 2.27 bits per heavy atom. The predicted molar refractivity (Wildman–Crippen MR) is 112 cm³/mol. The Labute approximate surface area is 174 Å². The molecule has 1 saturated heterocycles. The summed E-state index contributed by atoms with van der Waals surface area (Å²) < 4.78 is 14.5. The molecule has 4 rings (SSSR count). The van der Waals surface area contributed by atoms with Gasteiger partial charge < -0.3 is 10.0 Å². The monoisotopic (exact) mass is 400 g/mol. The van der Waals surface area contributed by atoms with Crippen LogP contribution in [0.2, 0.25) is 0 Å². The number of likely N-dealkylation sites (tertiary alicyclic amines) is 1. The fraction of sp³-hybridized carbons (Fsp3) is 0.200. The number of nitriles is 1. The number of carbonyl (C=O) groups is 1. The molecule has 1 amide bonds. The molecule has 0 aromatic heterocycles. The van der Waals surface area contributed by atoms with Crippen molar-refractivity contribution in [2.45, 2.75) is 24.4 Å². The van der Waals surface area contributed by atoms with Crippen molar-refractivity contribution >= 4 is 5.91 Å². The average molecular weight is 400 g/mol. The number of nitrogens with zero attached hydrogens (tertiary/aromatic N) is 2. The van der Waals surface area contributed by atoms with Crippen LogP contribution in [0.3, 0.4) is 0 Å². The molecule has 150 valence electrons. The minimum Gasteiger partial charge on any atom is -0.394 e. The Morgan fingerprint density at radius 1 is 0.967 bits per heavy atom. The molecular weight excluding hydrogens is 379 g/mol. The maximum atomic E-state index is 14.5. The molecule has 0 bridgehead atoms. The average Bonchev–Trinajstić information content (AvgIpc) is 2.75. The molecule has 0 spiro atoms. The van der Waals surface area contributed by atoms with Crippen LogP contribution < -0.4 is 0 Å². The second kappa shape index (κ2) is 8.48. The maximum absolute atomic E-state index is 14.5. The number of hydrogen-bond acceptors (Lipinski definition) is 3. The van der Waals surface area contributed by atoms with Gasteiger partial charge in [0.1, 0.15) is 11.9 Å². The lowest BCUT2D eigenvalue weighted by Crippen LogP contribution is -2.65. The molecule has 1 heterocycles. The van der Waals surface area contributed by atoms with Crippen LogP contribution in [0.15, 0.2) is 78.9 Å². The smallest absolute Gasteiger partial charge is 0.228 e.